The fourth-order valence-electron chi connectivity index (χ4n) is 3.16. The molecule has 0 radical (unpaired) electrons. The molecular formula is C24H23N5O4. The maximum absolute atomic E-state index is 13.3. The minimum Gasteiger partial charge on any atom is -0.480 e. The van der Waals surface area contributed by atoms with Gasteiger partial charge in [0, 0.05) is 17.5 Å². The van der Waals surface area contributed by atoms with Crippen molar-refractivity contribution in [2.45, 2.75) is 12.5 Å². The monoisotopic (exact) mass is 445 g/mol. The Hall–Kier alpha value is -4.66. The molecule has 0 spiro atoms. The number of carbonyl (C=O) groups is 3. The van der Waals surface area contributed by atoms with Crippen molar-refractivity contribution < 1.29 is 19.5 Å². The molecule has 0 heterocycles. The van der Waals surface area contributed by atoms with Crippen LogP contribution < -0.4 is 16.9 Å². The molecule has 0 fully saturated rings. The highest BCUT2D eigenvalue weighted by Crippen LogP contribution is 2.16. The standard InChI is InChI=1S/C24H23N5O4/c25-24(26)27-19-13-7-12-18(15-19)21(30)28-29(22(31)17-10-5-2-6-11-17)20(23(32)33)14-16-8-3-1-4-9-16/h1-13,15,20H,14H2,(H,28,30)(H,32,33)(H4,25,26,27). The van der Waals surface area contributed by atoms with Crippen molar-refractivity contribution in [1.82, 2.24) is 10.4 Å². The zero-order valence-corrected chi connectivity index (χ0v) is 17.6. The van der Waals surface area contributed by atoms with Crippen LogP contribution in [0.1, 0.15) is 26.3 Å². The number of guanidine groups is 1. The number of nitrogens with two attached hydrogens (primary N) is 2. The quantitative estimate of drug-likeness (QED) is 0.248. The number of nitrogens with one attached hydrogen (secondary N) is 1. The van der Waals surface area contributed by atoms with E-state index in [-0.39, 0.29) is 23.5 Å². The van der Waals surface area contributed by atoms with E-state index < -0.39 is 23.8 Å². The summed E-state index contributed by atoms with van der Waals surface area (Å²) in [6, 6.07) is 21.7. The van der Waals surface area contributed by atoms with Crippen molar-refractivity contribution in [3.05, 3.63) is 102 Å². The molecule has 0 aliphatic carbocycles. The first-order chi connectivity index (χ1) is 15.8. The minimum absolute atomic E-state index is 0.0108. The van der Waals surface area contributed by atoms with Crippen LogP contribution in [0.4, 0.5) is 5.69 Å². The van der Waals surface area contributed by atoms with Gasteiger partial charge in [-0.25, -0.2) is 14.8 Å². The molecule has 0 saturated carbocycles. The lowest BCUT2D eigenvalue weighted by Gasteiger charge is -2.29. The van der Waals surface area contributed by atoms with Crippen molar-refractivity contribution in [2.75, 3.05) is 0 Å². The Bertz CT molecular complexity index is 1160. The normalized spacial score (nSPS) is 11.2. The van der Waals surface area contributed by atoms with E-state index in [0.717, 1.165) is 5.01 Å². The molecule has 33 heavy (non-hydrogen) atoms. The summed E-state index contributed by atoms with van der Waals surface area (Å²) in [5.41, 5.74) is 14.7. The van der Waals surface area contributed by atoms with Crippen LogP contribution in [0.3, 0.4) is 0 Å². The molecule has 168 valence electrons. The van der Waals surface area contributed by atoms with Crippen LogP contribution in [0.2, 0.25) is 0 Å². The van der Waals surface area contributed by atoms with E-state index in [1.165, 1.54) is 12.1 Å². The van der Waals surface area contributed by atoms with Crippen molar-refractivity contribution in [3.63, 3.8) is 0 Å². The van der Waals surface area contributed by atoms with Crippen LogP contribution >= 0.6 is 0 Å². The maximum Gasteiger partial charge on any atom is 0.328 e. The van der Waals surface area contributed by atoms with Gasteiger partial charge >= 0.3 is 5.97 Å². The number of rotatable bonds is 7. The summed E-state index contributed by atoms with van der Waals surface area (Å²) < 4.78 is 0. The number of hydrazine groups is 1. The van der Waals surface area contributed by atoms with Gasteiger partial charge in [-0.3, -0.25) is 15.0 Å². The molecule has 9 heteroatoms. The molecular weight excluding hydrogens is 422 g/mol. The zero-order valence-electron chi connectivity index (χ0n) is 17.6. The summed E-state index contributed by atoms with van der Waals surface area (Å²) in [4.78, 5) is 42.3. The number of amides is 2. The van der Waals surface area contributed by atoms with Crippen molar-refractivity contribution >= 4 is 29.4 Å². The predicted octanol–water partition coefficient (Wildman–Crippen LogP) is 2.07. The van der Waals surface area contributed by atoms with Gasteiger partial charge in [-0.05, 0) is 35.9 Å². The topological polar surface area (TPSA) is 151 Å². The number of carboxylic acids is 1. The fourth-order valence-corrected chi connectivity index (χ4v) is 3.16. The minimum atomic E-state index is -1.36. The molecule has 9 nitrogen and oxygen atoms in total. The predicted molar refractivity (Wildman–Crippen MR) is 124 cm³/mol. The average molecular weight is 445 g/mol. The number of carboxylic acid groups (broad SMARTS) is 1. The van der Waals surface area contributed by atoms with Crippen LogP contribution in [-0.2, 0) is 11.2 Å². The molecule has 3 rings (SSSR count). The van der Waals surface area contributed by atoms with Gasteiger partial charge in [-0.15, -0.1) is 0 Å². The highest BCUT2D eigenvalue weighted by atomic mass is 16.4. The summed E-state index contributed by atoms with van der Waals surface area (Å²) in [5, 5.41) is 10.8. The van der Waals surface area contributed by atoms with Gasteiger partial charge in [0.1, 0.15) is 0 Å². The van der Waals surface area contributed by atoms with E-state index in [1.54, 1.807) is 72.8 Å². The lowest BCUT2D eigenvalue weighted by Crippen LogP contribution is -2.55. The SMILES string of the molecule is NC(N)=Nc1cccc(C(=O)NN(C(=O)c2ccccc2)C(Cc2ccccc2)C(=O)O)c1. The van der Waals surface area contributed by atoms with E-state index in [2.05, 4.69) is 10.4 Å². The number of hydrogen-bond acceptors (Lipinski definition) is 4. The number of nitrogens with zero attached hydrogens (tertiary/aromatic N) is 2. The second-order valence-corrected chi connectivity index (χ2v) is 7.11. The van der Waals surface area contributed by atoms with Crippen LogP contribution in [0.15, 0.2) is 89.9 Å². The van der Waals surface area contributed by atoms with E-state index in [1.807, 2.05) is 0 Å². The lowest BCUT2D eigenvalue weighted by molar-refractivity contribution is -0.143. The molecule has 0 saturated heterocycles. The van der Waals surface area contributed by atoms with Crippen LogP contribution in [0, 0.1) is 0 Å². The number of aliphatic imine (C=N–C) groups is 1. The average Bonchev–Trinajstić information content (AvgIpc) is 2.81. The first kappa shape index (κ1) is 23.0. The number of hydrogen-bond donors (Lipinski definition) is 4. The first-order valence-corrected chi connectivity index (χ1v) is 10.0. The van der Waals surface area contributed by atoms with Gasteiger partial charge in [0.05, 0.1) is 5.69 Å². The first-order valence-electron chi connectivity index (χ1n) is 10.0. The third kappa shape index (κ3) is 6.17. The van der Waals surface area contributed by atoms with E-state index in [9.17, 15) is 19.5 Å². The Kier molecular flexibility index (Phi) is 7.38. The smallest absolute Gasteiger partial charge is 0.328 e. The molecule has 3 aromatic carbocycles. The Morgan fingerprint density at radius 3 is 2.09 bits per heavy atom. The third-order valence-electron chi connectivity index (χ3n) is 4.70. The number of aliphatic carboxylic acids is 1. The van der Waals surface area contributed by atoms with Gasteiger partial charge in [0.2, 0.25) is 0 Å². The summed E-state index contributed by atoms with van der Waals surface area (Å²) in [6.07, 6.45) is -0.0108. The highest BCUT2D eigenvalue weighted by Gasteiger charge is 2.32. The molecule has 0 aliphatic heterocycles. The molecule has 0 aliphatic rings. The largest absolute Gasteiger partial charge is 0.480 e. The van der Waals surface area contributed by atoms with Crippen LogP contribution in [-0.4, -0.2) is 39.9 Å². The summed E-state index contributed by atoms with van der Waals surface area (Å²) in [7, 11) is 0. The second-order valence-electron chi connectivity index (χ2n) is 7.11. The number of benzene rings is 3. The van der Waals surface area contributed by atoms with Gasteiger partial charge < -0.3 is 16.6 Å². The van der Waals surface area contributed by atoms with Crippen molar-refractivity contribution in [3.8, 4) is 0 Å². The second kappa shape index (κ2) is 10.6. The summed E-state index contributed by atoms with van der Waals surface area (Å²) in [5.74, 6) is -2.79. The Morgan fingerprint density at radius 2 is 1.48 bits per heavy atom. The molecule has 2 amide bonds. The Labute approximate surface area is 190 Å². The fraction of sp³-hybridized carbons (Fsp3) is 0.0833. The Morgan fingerprint density at radius 1 is 0.879 bits per heavy atom. The van der Waals surface area contributed by atoms with E-state index >= 15 is 0 Å². The maximum atomic E-state index is 13.3. The van der Waals surface area contributed by atoms with E-state index in [4.69, 9.17) is 11.5 Å². The van der Waals surface area contributed by atoms with Gasteiger partial charge in [0.15, 0.2) is 12.0 Å². The molecule has 1 unspecified atom stereocenters. The number of carbonyl (C=O) groups excluding carboxylic acids is 2. The zero-order chi connectivity index (χ0) is 23.8. The summed E-state index contributed by atoms with van der Waals surface area (Å²) in [6.45, 7) is 0. The molecule has 0 aromatic heterocycles. The van der Waals surface area contributed by atoms with E-state index in [0.29, 0.717) is 11.3 Å². The van der Waals surface area contributed by atoms with Crippen molar-refractivity contribution in [1.29, 1.82) is 0 Å². The molecule has 3 aromatic rings. The molecule has 1 atom stereocenters. The molecule has 6 N–H and O–H groups in total. The van der Waals surface area contributed by atoms with Gasteiger partial charge in [-0.1, -0.05) is 54.6 Å². The van der Waals surface area contributed by atoms with Crippen molar-refractivity contribution in [2.24, 2.45) is 16.5 Å². The van der Waals surface area contributed by atoms with Gasteiger partial charge in [0.25, 0.3) is 11.8 Å². The van der Waals surface area contributed by atoms with Gasteiger partial charge in [-0.2, -0.15) is 0 Å². The highest BCUT2D eigenvalue weighted by molar-refractivity contribution is 6.01. The Balaban J connectivity index is 1.96. The molecule has 0 bridgehead atoms. The lowest BCUT2D eigenvalue weighted by atomic mass is 10.0. The summed E-state index contributed by atoms with van der Waals surface area (Å²) >= 11 is 0. The third-order valence-corrected chi connectivity index (χ3v) is 4.70. The van der Waals surface area contributed by atoms with Crippen LogP contribution in [0.5, 0.6) is 0 Å². The van der Waals surface area contributed by atoms with Crippen LogP contribution in [0.25, 0.3) is 0 Å².